The van der Waals surface area contributed by atoms with Gasteiger partial charge in [-0.25, -0.2) is 14.8 Å². The van der Waals surface area contributed by atoms with Crippen molar-refractivity contribution >= 4 is 17.9 Å². The lowest BCUT2D eigenvalue weighted by atomic mass is 10.1. The number of aromatic nitrogens is 2. The molecule has 0 N–H and O–H groups in total. The van der Waals surface area contributed by atoms with Gasteiger partial charge in [-0.2, -0.15) is 0 Å². The number of carbonyl (C=O) groups excluding carboxylic acids is 2. The van der Waals surface area contributed by atoms with E-state index < -0.39 is 5.60 Å². The van der Waals surface area contributed by atoms with E-state index in [1.165, 1.54) is 0 Å². The number of hydrogen-bond acceptors (Lipinski definition) is 5. The smallest absolute Gasteiger partial charge is 0.410 e. The fourth-order valence-electron chi connectivity index (χ4n) is 2.81. The highest BCUT2D eigenvalue weighted by atomic mass is 16.6. The third kappa shape index (κ3) is 3.25. The normalized spacial score (nSPS) is 20.3. The van der Waals surface area contributed by atoms with E-state index in [4.69, 9.17) is 4.74 Å². The highest BCUT2D eigenvalue weighted by Gasteiger charge is 2.33. The minimum absolute atomic E-state index is 0.00171. The minimum atomic E-state index is -0.537. The Morgan fingerprint density at radius 3 is 2.79 bits per heavy atom. The van der Waals surface area contributed by atoms with E-state index in [9.17, 15) is 9.59 Å². The molecule has 3 heterocycles. The summed E-state index contributed by atoms with van der Waals surface area (Å²) in [4.78, 5) is 36.2. The van der Waals surface area contributed by atoms with E-state index in [0.29, 0.717) is 32.0 Å². The molecule has 128 valence electrons. The van der Waals surface area contributed by atoms with Gasteiger partial charge in [0.1, 0.15) is 5.60 Å². The molecular formula is C17H22N4O3. The number of carbonyl (C=O) groups is 2. The van der Waals surface area contributed by atoms with Gasteiger partial charge in [-0.15, -0.1) is 6.58 Å². The van der Waals surface area contributed by atoms with Gasteiger partial charge in [-0.3, -0.25) is 14.6 Å². The van der Waals surface area contributed by atoms with Crippen LogP contribution in [0, 0.1) is 5.92 Å². The lowest BCUT2D eigenvalue weighted by Crippen LogP contribution is -2.33. The van der Waals surface area contributed by atoms with E-state index in [1.807, 2.05) is 20.8 Å². The zero-order valence-corrected chi connectivity index (χ0v) is 14.3. The quantitative estimate of drug-likeness (QED) is 0.778. The summed E-state index contributed by atoms with van der Waals surface area (Å²) in [5, 5.41) is 0. The van der Waals surface area contributed by atoms with Gasteiger partial charge >= 0.3 is 6.09 Å². The molecule has 3 rings (SSSR count). The van der Waals surface area contributed by atoms with Crippen molar-refractivity contribution in [3.63, 3.8) is 0 Å². The molecule has 1 aromatic rings. The van der Waals surface area contributed by atoms with Crippen molar-refractivity contribution in [1.29, 1.82) is 0 Å². The topological polar surface area (TPSA) is 75.6 Å². The van der Waals surface area contributed by atoms with E-state index in [-0.39, 0.29) is 17.9 Å². The molecule has 0 aliphatic carbocycles. The molecule has 1 saturated heterocycles. The fraction of sp³-hybridized carbons (Fsp3) is 0.529. The molecule has 0 bridgehead atoms. The standard InChI is InChI=1S/C17H22N4O3/c1-5-11-6-14(22)21(8-11)15-18-7-12-9-20(10-13(12)19-15)16(23)24-17(2,3)4/h5,7,11H,1,6,8-10H2,2-4H3. The highest BCUT2D eigenvalue weighted by Crippen LogP contribution is 2.27. The molecule has 1 fully saturated rings. The maximum atomic E-state index is 12.2. The van der Waals surface area contributed by atoms with Crippen molar-refractivity contribution in [1.82, 2.24) is 14.9 Å². The monoisotopic (exact) mass is 330 g/mol. The van der Waals surface area contributed by atoms with E-state index in [1.54, 1.807) is 22.1 Å². The second-order valence-corrected chi connectivity index (χ2v) is 7.18. The molecule has 2 amide bonds. The van der Waals surface area contributed by atoms with E-state index in [2.05, 4.69) is 16.5 Å². The average Bonchev–Trinajstić information content (AvgIpc) is 3.07. The van der Waals surface area contributed by atoms with Gasteiger partial charge in [0.05, 0.1) is 18.8 Å². The van der Waals surface area contributed by atoms with Crippen LogP contribution in [0.15, 0.2) is 18.9 Å². The summed E-state index contributed by atoms with van der Waals surface area (Å²) >= 11 is 0. The molecule has 0 spiro atoms. The zero-order chi connectivity index (χ0) is 17.5. The second-order valence-electron chi connectivity index (χ2n) is 7.18. The van der Waals surface area contributed by atoms with Crippen LogP contribution in [0.2, 0.25) is 0 Å². The van der Waals surface area contributed by atoms with Crippen molar-refractivity contribution < 1.29 is 14.3 Å². The minimum Gasteiger partial charge on any atom is -0.444 e. The van der Waals surface area contributed by atoms with Crippen LogP contribution < -0.4 is 4.90 Å². The van der Waals surface area contributed by atoms with Gasteiger partial charge in [0, 0.05) is 30.6 Å². The SMILES string of the molecule is C=CC1CC(=O)N(c2ncc3c(n2)CN(C(=O)OC(C)(C)C)C3)C1. The molecule has 2 aliphatic heterocycles. The summed E-state index contributed by atoms with van der Waals surface area (Å²) in [6, 6.07) is 0. The predicted molar refractivity (Wildman–Crippen MR) is 88.2 cm³/mol. The van der Waals surface area contributed by atoms with Crippen LogP contribution in [0.1, 0.15) is 38.4 Å². The van der Waals surface area contributed by atoms with Gasteiger partial charge in [0.15, 0.2) is 0 Å². The Labute approximate surface area is 141 Å². The third-order valence-corrected chi connectivity index (χ3v) is 4.02. The summed E-state index contributed by atoms with van der Waals surface area (Å²) in [7, 11) is 0. The van der Waals surface area contributed by atoms with Crippen LogP contribution in [0.5, 0.6) is 0 Å². The molecule has 0 aromatic carbocycles. The number of ether oxygens (including phenoxy) is 1. The lowest BCUT2D eigenvalue weighted by molar-refractivity contribution is -0.117. The van der Waals surface area contributed by atoms with Crippen LogP contribution in [0.25, 0.3) is 0 Å². The first kappa shape index (κ1) is 16.4. The highest BCUT2D eigenvalue weighted by molar-refractivity contribution is 5.94. The van der Waals surface area contributed by atoms with Crippen LogP contribution in [-0.4, -0.2) is 39.0 Å². The molecule has 0 radical (unpaired) electrons. The van der Waals surface area contributed by atoms with Crippen molar-refractivity contribution in [2.24, 2.45) is 5.92 Å². The first-order valence-electron chi connectivity index (χ1n) is 8.02. The summed E-state index contributed by atoms with van der Waals surface area (Å²) in [5.74, 6) is 0.531. The number of fused-ring (bicyclic) bond motifs is 1. The summed E-state index contributed by atoms with van der Waals surface area (Å²) in [6.45, 7) is 10.6. The number of hydrogen-bond donors (Lipinski definition) is 0. The Balaban J connectivity index is 1.74. The number of anilines is 1. The molecule has 24 heavy (non-hydrogen) atoms. The maximum absolute atomic E-state index is 12.2. The molecule has 1 unspecified atom stereocenters. The second kappa shape index (κ2) is 5.89. The molecule has 2 aliphatic rings. The van der Waals surface area contributed by atoms with Crippen LogP contribution in [0.4, 0.5) is 10.7 Å². The van der Waals surface area contributed by atoms with Crippen LogP contribution in [0.3, 0.4) is 0 Å². The molecule has 1 atom stereocenters. The number of amides is 2. The first-order valence-corrected chi connectivity index (χ1v) is 8.02. The molecule has 7 nitrogen and oxygen atoms in total. The Kier molecular flexibility index (Phi) is 4.03. The van der Waals surface area contributed by atoms with Gasteiger partial charge in [-0.05, 0) is 20.8 Å². The summed E-state index contributed by atoms with van der Waals surface area (Å²) in [6.07, 6.45) is 3.55. The van der Waals surface area contributed by atoms with E-state index in [0.717, 1.165) is 11.3 Å². The average molecular weight is 330 g/mol. The Morgan fingerprint density at radius 2 is 2.17 bits per heavy atom. The first-order chi connectivity index (χ1) is 11.3. The third-order valence-electron chi connectivity index (χ3n) is 4.02. The fourth-order valence-corrected chi connectivity index (χ4v) is 2.81. The van der Waals surface area contributed by atoms with E-state index >= 15 is 0 Å². The Bertz CT molecular complexity index is 696. The summed E-state index contributed by atoms with van der Waals surface area (Å²) < 4.78 is 5.39. The van der Waals surface area contributed by atoms with Crippen molar-refractivity contribution in [2.45, 2.75) is 45.9 Å². The maximum Gasteiger partial charge on any atom is 0.410 e. The summed E-state index contributed by atoms with van der Waals surface area (Å²) in [5.41, 5.74) is 1.11. The number of rotatable bonds is 2. The van der Waals surface area contributed by atoms with Gasteiger partial charge < -0.3 is 4.74 Å². The predicted octanol–water partition coefficient (Wildman–Crippen LogP) is 2.27. The van der Waals surface area contributed by atoms with Crippen molar-refractivity contribution in [3.8, 4) is 0 Å². The van der Waals surface area contributed by atoms with Gasteiger partial charge in [-0.1, -0.05) is 6.08 Å². The zero-order valence-electron chi connectivity index (χ0n) is 14.3. The van der Waals surface area contributed by atoms with Crippen molar-refractivity contribution in [3.05, 3.63) is 30.1 Å². The van der Waals surface area contributed by atoms with Gasteiger partial charge in [0.25, 0.3) is 0 Å². The molecule has 7 heteroatoms. The Morgan fingerprint density at radius 1 is 1.42 bits per heavy atom. The largest absolute Gasteiger partial charge is 0.444 e. The molecule has 0 saturated carbocycles. The van der Waals surface area contributed by atoms with Crippen LogP contribution >= 0.6 is 0 Å². The van der Waals surface area contributed by atoms with Crippen molar-refractivity contribution in [2.75, 3.05) is 11.4 Å². The lowest BCUT2D eigenvalue weighted by Gasteiger charge is -2.23. The number of nitrogens with zero attached hydrogens (tertiary/aromatic N) is 4. The van der Waals surface area contributed by atoms with Gasteiger partial charge in [0.2, 0.25) is 11.9 Å². The molecule has 1 aromatic heterocycles. The van der Waals surface area contributed by atoms with Crippen LogP contribution in [-0.2, 0) is 22.6 Å². The Hall–Kier alpha value is -2.44. The molecular weight excluding hydrogens is 308 g/mol.